The van der Waals surface area contributed by atoms with Gasteiger partial charge in [0.25, 0.3) is 5.91 Å². The third-order valence-corrected chi connectivity index (χ3v) is 6.10. The molecule has 2 aliphatic rings. The molecule has 7 heteroatoms. The summed E-state index contributed by atoms with van der Waals surface area (Å²) in [6, 6.07) is 6.96. The Morgan fingerprint density at radius 1 is 1.19 bits per heavy atom. The van der Waals surface area contributed by atoms with Crippen molar-refractivity contribution in [3.63, 3.8) is 0 Å². The second-order valence-electron chi connectivity index (χ2n) is 7.11. The average Bonchev–Trinajstić information content (AvgIpc) is 3.22. The normalized spacial score (nSPS) is 18.2. The number of nitriles is 2. The van der Waals surface area contributed by atoms with Gasteiger partial charge in [-0.25, -0.2) is 9.69 Å². The lowest BCUT2D eigenvalue weighted by molar-refractivity contribution is -0.124. The van der Waals surface area contributed by atoms with Crippen LogP contribution in [0, 0.1) is 29.6 Å². The van der Waals surface area contributed by atoms with Gasteiger partial charge >= 0.3 is 6.03 Å². The van der Waals surface area contributed by atoms with E-state index in [9.17, 15) is 9.59 Å². The van der Waals surface area contributed by atoms with Crippen LogP contribution in [0.4, 0.5) is 10.5 Å². The summed E-state index contributed by atoms with van der Waals surface area (Å²) in [5.74, 6) is -0.200. The Kier molecular flexibility index (Phi) is 5.39. The molecule has 0 bridgehead atoms. The summed E-state index contributed by atoms with van der Waals surface area (Å²) in [6.45, 7) is 2.18. The van der Waals surface area contributed by atoms with E-state index in [1.54, 1.807) is 24.0 Å². The zero-order valence-corrected chi connectivity index (χ0v) is 16.1. The molecule has 0 aromatic heterocycles. The molecule has 140 valence electrons. The Labute approximate surface area is 163 Å². The first-order valence-electron chi connectivity index (χ1n) is 9.20. The standard InChI is InChI=1S/C20H21ClN4O2/c1-14-16(8-7-15(13-23)17(14)21)25-18(26)20(9-3-4-10-20)24(19(25)27)12-6-2-5-11-22/h7-8H,2-6,9-10,12H2,1H3. The van der Waals surface area contributed by atoms with Crippen molar-refractivity contribution in [2.24, 2.45) is 0 Å². The molecule has 1 spiro atoms. The van der Waals surface area contributed by atoms with Gasteiger partial charge in [0, 0.05) is 13.0 Å². The Balaban J connectivity index is 1.97. The molecule has 1 aromatic carbocycles. The summed E-state index contributed by atoms with van der Waals surface area (Å²) in [7, 11) is 0. The van der Waals surface area contributed by atoms with Crippen molar-refractivity contribution in [2.45, 2.75) is 57.4 Å². The minimum Gasteiger partial charge on any atom is -0.309 e. The van der Waals surface area contributed by atoms with E-state index in [2.05, 4.69) is 6.07 Å². The Bertz CT molecular complexity index is 862. The largest absolute Gasteiger partial charge is 0.332 e. The fraction of sp³-hybridized carbons (Fsp3) is 0.500. The Hall–Kier alpha value is -2.57. The van der Waals surface area contributed by atoms with Crippen LogP contribution in [0.3, 0.4) is 0 Å². The smallest absolute Gasteiger partial charge is 0.309 e. The fourth-order valence-corrected chi connectivity index (χ4v) is 4.36. The highest BCUT2D eigenvalue weighted by Crippen LogP contribution is 2.44. The van der Waals surface area contributed by atoms with Crippen molar-refractivity contribution in [2.75, 3.05) is 11.4 Å². The monoisotopic (exact) mass is 384 g/mol. The maximum atomic E-state index is 13.4. The summed E-state index contributed by atoms with van der Waals surface area (Å²) in [5.41, 5.74) is 0.536. The van der Waals surface area contributed by atoms with Gasteiger partial charge in [-0.15, -0.1) is 0 Å². The Morgan fingerprint density at radius 2 is 1.89 bits per heavy atom. The van der Waals surface area contributed by atoms with E-state index >= 15 is 0 Å². The highest BCUT2D eigenvalue weighted by molar-refractivity contribution is 6.33. The van der Waals surface area contributed by atoms with Gasteiger partial charge in [0.15, 0.2) is 0 Å². The van der Waals surface area contributed by atoms with Crippen LogP contribution < -0.4 is 4.90 Å². The lowest BCUT2D eigenvalue weighted by atomic mass is 9.95. The molecule has 1 saturated carbocycles. The zero-order valence-electron chi connectivity index (χ0n) is 15.3. The lowest BCUT2D eigenvalue weighted by Gasteiger charge is -2.31. The molecule has 1 aliphatic carbocycles. The molecule has 27 heavy (non-hydrogen) atoms. The zero-order chi connectivity index (χ0) is 19.6. The highest BCUT2D eigenvalue weighted by atomic mass is 35.5. The van der Waals surface area contributed by atoms with Gasteiger partial charge in [-0.1, -0.05) is 24.4 Å². The van der Waals surface area contributed by atoms with Crippen LogP contribution in [0.25, 0.3) is 0 Å². The molecular formula is C20H21ClN4O2. The van der Waals surface area contributed by atoms with Gasteiger partial charge in [0.2, 0.25) is 0 Å². The van der Waals surface area contributed by atoms with Crippen molar-refractivity contribution in [1.29, 1.82) is 10.5 Å². The van der Waals surface area contributed by atoms with Crippen LogP contribution >= 0.6 is 11.6 Å². The second-order valence-corrected chi connectivity index (χ2v) is 7.49. The van der Waals surface area contributed by atoms with Crippen LogP contribution in [-0.2, 0) is 4.79 Å². The fourth-order valence-electron chi connectivity index (χ4n) is 4.16. The average molecular weight is 385 g/mol. The molecule has 1 heterocycles. The summed E-state index contributed by atoms with van der Waals surface area (Å²) in [4.78, 5) is 29.5. The van der Waals surface area contributed by atoms with Crippen molar-refractivity contribution in [3.05, 3.63) is 28.3 Å². The molecule has 6 nitrogen and oxygen atoms in total. The number of urea groups is 1. The first kappa shape index (κ1) is 19.2. The molecule has 3 rings (SSSR count). The molecule has 1 saturated heterocycles. The quantitative estimate of drug-likeness (QED) is 0.559. The van der Waals surface area contributed by atoms with Crippen molar-refractivity contribution >= 4 is 29.2 Å². The van der Waals surface area contributed by atoms with E-state index in [1.165, 1.54) is 4.90 Å². The molecule has 0 N–H and O–H groups in total. The van der Waals surface area contributed by atoms with Crippen LogP contribution in [0.1, 0.15) is 56.1 Å². The molecule has 0 atom stereocenters. The molecule has 2 fully saturated rings. The SMILES string of the molecule is Cc1c(N2C(=O)N(CCCCC#N)C3(CCCC3)C2=O)ccc(C#N)c1Cl. The van der Waals surface area contributed by atoms with Gasteiger partial charge in [-0.3, -0.25) is 4.79 Å². The number of hydrogen-bond acceptors (Lipinski definition) is 4. The first-order chi connectivity index (χ1) is 13.0. The van der Waals surface area contributed by atoms with Crippen LogP contribution in [0.2, 0.25) is 5.02 Å². The third kappa shape index (κ3) is 3.05. The number of hydrogen-bond donors (Lipinski definition) is 0. The first-order valence-corrected chi connectivity index (χ1v) is 9.58. The number of imide groups is 1. The molecular weight excluding hydrogens is 364 g/mol. The number of carbonyl (C=O) groups excluding carboxylic acids is 2. The van der Waals surface area contributed by atoms with Crippen molar-refractivity contribution < 1.29 is 9.59 Å². The second kappa shape index (κ2) is 7.58. The number of benzene rings is 1. The van der Waals surface area contributed by atoms with E-state index in [4.69, 9.17) is 22.1 Å². The van der Waals surface area contributed by atoms with Crippen molar-refractivity contribution in [1.82, 2.24) is 4.90 Å². The van der Waals surface area contributed by atoms with E-state index in [0.29, 0.717) is 55.5 Å². The number of rotatable bonds is 5. The topological polar surface area (TPSA) is 88.2 Å². The van der Waals surface area contributed by atoms with Crippen LogP contribution in [-0.4, -0.2) is 28.9 Å². The minimum atomic E-state index is -0.781. The maximum Gasteiger partial charge on any atom is 0.332 e. The van der Waals surface area contributed by atoms with Gasteiger partial charge in [-0.05, 0) is 50.3 Å². The van der Waals surface area contributed by atoms with Crippen LogP contribution in [0.5, 0.6) is 0 Å². The summed E-state index contributed by atoms with van der Waals surface area (Å²) in [5, 5.41) is 18.1. The highest BCUT2D eigenvalue weighted by Gasteiger charge is 2.58. The number of nitrogens with zero attached hydrogens (tertiary/aromatic N) is 4. The summed E-state index contributed by atoms with van der Waals surface area (Å²) < 4.78 is 0. The van der Waals surface area contributed by atoms with Gasteiger partial charge in [-0.2, -0.15) is 10.5 Å². The van der Waals surface area contributed by atoms with Gasteiger partial charge < -0.3 is 4.90 Å². The Morgan fingerprint density at radius 3 is 2.52 bits per heavy atom. The number of anilines is 1. The molecule has 1 aliphatic heterocycles. The van der Waals surface area contributed by atoms with E-state index in [1.807, 2.05) is 6.07 Å². The predicted molar refractivity (Wildman–Crippen MR) is 101 cm³/mol. The number of unbranched alkanes of at least 4 members (excludes halogenated alkanes) is 2. The summed E-state index contributed by atoms with van der Waals surface area (Å²) in [6.07, 6.45) is 4.98. The third-order valence-electron chi connectivity index (χ3n) is 5.61. The van der Waals surface area contributed by atoms with Gasteiger partial charge in [0.1, 0.15) is 11.6 Å². The van der Waals surface area contributed by atoms with E-state index in [-0.39, 0.29) is 17.0 Å². The lowest BCUT2D eigenvalue weighted by Crippen LogP contribution is -2.47. The molecule has 0 radical (unpaired) electrons. The van der Waals surface area contributed by atoms with Crippen molar-refractivity contribution in [3.8, 4) is 12.1 Å². The number of halogens is 1. The van der Waals surface area contributed by atoms with Crippen LogP contribution in [0.15, 0.2) is 12.1 Å². The van der Waals surface area contributed by atoms with E-state index < -0.39 is 5.54 Å². The number of carbonyl (C=O) groups is 2. The minimum absolute atomic E-state index is 0.200. The number of amides is 3. The molecule has 3 amide bonds. The predicted octanol–water partition coefficient (Wildman–Crippen LogP) is 4.30. The van der Waals surface area contributed by atoms with Gasteiger partial charge in [0.05, 0.1) is 22.3 Å². The summed E-state index contributed by atoms with van der Waals surface area (Å²) >= 11 is 6.26. The maximum absolute atomic E-state index is 13.4. The molecule has 1 aromatic rings. The van der Waals surface area contributed by atoms with E-state index in [0.717, 1.165) is 12.8 Å². The molecule has 0 unspecified atom stereocenters.